The number of ether oxygens (including phenoxy) is 1. The number of rotatable bonds is 5. The predicted molar refractivity (Wildman–Crippen MR) is 92.7 cm³/mol. The summed E-state index contributed by atoms with van der Waals surface area (Å²) >= 11 is 0. The average Bonchev–Trinajstić information content (AvgIpc) is 3.21. The fourth-order valence-electron chi connectivity index (χ4n) is 2.94. The van der Waals surface area contributed by atoms with Crippen LogP contribution in [0.4, 0.5) is 13.2 Å². The fourth-order valence-corrected chi connectivity index (χ4v) is 2.94. The lowest BCUT2D eigenvalue weighted by Gasteiger charge is -2.31. The first-order valence-corrected chi connectivity index (χ1v) is 8.75. The van der Waals surface area contributed by atoms with Crippen molar-refractivity contribution in [1.82, 2.24) is 10.2 Å². The van der Waals surface area contributed by atoms with Gasteiger partial charge in [0.05, 0.1) is 11.8 Å². The molecular weight excluding hydrogens is 377 g/mol. The number of furan rings is 1. The van der Waals surface area contributed by atoms with Gasteiger partial charge in [0.25, 0.3) is 11.8 Å². The fraction of sp³-hybridized carbons (Fsp3) is 0.368. The van der Waals surface area contributed by atoms with Gasteiger partial charge in [0.1, 0.15) is 5.75 Å². The second-order valence-electron chi connectivity index (χ2n) is 6.42. The van der Waals surface area contributed by atoms with Crippen LogP contribution in [-0.4, -0.2) is 42.5 Å². The normalized spacial score (nSPS) is 15.3. The van der Waals surface area contributed by atoms with Gasteiger partial charge in [-0.15, -0.1) is 0 Å². The SMILES string of the molecule is O=C(COc1ccc(C(F)(F)F)cc1)NC1CCN(C(=O)c2ccco2)CC1. The zero-order valence-electron chi connectivity index (χ0n) is 14.9. The van der Waals surface area contributed by atoms with Crippen molar-refractivity contribution in [3.8, 4) is 5.75 Å². The summed E-state index contributed by atoms with van der Waals surface area (Å²) in [5, 5.41) is 2.81. The quantitative estimate of drug-likeness (QED) is 0.843. The van der Waals surface area contributed by atoms with Crippen LogP contribution in [0.15, 0.2) is 47.1 Å². The zero-order valence-corrected chi connectivity index (χ0v) is 14.9. The van der Waals surface area contributed by atoms with E-state index in [0.717, 1.165) is 12.1 Å². The van der Waals surface area contributed by atoms with E-state index in [1.165, 1.54) is 18.4 Å². The van der Waals surface area contributed by atoms with Gasteiger partial charge in [-0.2, -0.15) is 13.2 Å². The van der Waals surface area contributed by atoms with Crippen molar-refractivity contribution in [2.75, 3.05) is 19.7 Å². The van der Waals surface area contributed by atoms with E-state index < -0.39 is 11.7 Å². The average molecular weight is 396 g/mol. The number of piperidine rings is 1. The van der Waals surface area contributed by atoms with Crippen LogP contribution in [0.25, 0.3) is 0 Å². The molecule has 0 spiro atoms. The van der Waals surface area contributed by atoms with E-state index >= 15 is 0 Å². The van der Waals surface area contributed by atoms with Gasteiger partial charge in [0.2, 0.25) is 0 Å². The van der Waals surface area contributed by atoms with E-state index in [-0.39, 0.29) is 36.0 Å². The zero-order chi connectivity index (χ0) is 20.1. The van der Waals surface area contributed by atoms with Crippen molar-refractivity contribution < 1.29 is 31.9 Å². The molecule has 1 saturated heterocycles. The van der Waals surface area contributed by atoms with Crippen LogP contribution in [0, 0.1) is 0 Å². The first-order chi connectivity index (χ1) is 13.3. The largest absolute Gasteiger partial charge is 0.484 e. The number of hydrogen-bond acceptors (Lipinski definition) is 4. The molecule has 2 aromatic rings. The van der Waals surface area contributed by atoms with E-state index in [1.807, 2.05) is 0 Å². The summed E-state index contributed by atoms with van der Waals surface area (Å²) in [7, 11) is 0. The molecule has 1 aliphatic heterocycles. The molecule has 2 amide bonds. The molecule has 2 heterocycles. The van der Waals surface area contributed by atoms with Crippen molar-refractivity contribution in [2.45, 2.75) is 25.1 Å². The lowest BCUT2D eigenvalue weighted by atomic mass is 10.0. The van der Waals surface area contributed by atoms with Crippen LogP contribution in [-0.2, 0) is 11.0 Å². The first kappa shape index (κ1) is 19.8. The summed E-state index contributed by atoms with van der Waals surface area (Å²) in [6.07, 6.45) is -1.78. The van der Waals surface area contributed by atoms with Gasteiger partial charge < -0.3 is 19.4 Å². The Labute approximate surface area is 159 Å². The maximum Gasteiger partial charge on any atom is 0.416 e. The first-order valence-electron chi connectivity index (χ1n) is 8.75. The Kier molecular flexibility index (Phi) is 5.91. The van der Waals surface area contributed by atoms with Crippen LogP contribution in [0.2, 0.25) is 0 Å². The molecule has 3 rings (SSSR count). The van der Waals surface area contributed by atoms with Gasteiger partial charge in [-0.3, -0.25) is 9.59 Å². The second kappa shape index (κ2) is 8.37. The van der Waals surface area contributed by atoms with Gasteiger partial charge in [0.15, 0.2) is 12.4 Å². The van der Waals surface area contributed by atoms with Gasteiger partial charge in [0, 0.05) is 19.1 Å². The summed E-state index contributed by atoms with van der Waals surface area (Å²) in [4.78, 5) is 25.9. The van der Waals surface area contributed by atoms with Crippen LogP contribution < -0.4 is 10.1 Å². The van der Waals surface area contributed by atoms with Crippen molar-refractivity contribution in [1.29, 1.82) is 0 Å². The minimum atomic E-state index is -4.41. The smallest absolute Gasteiger partial charge is 0.416 e. The van der Waals surface area contributed by atoms with E-state index in [1.54, 1.807) is 17.0 Å². The molecule has 150 valence electrons. The highest BCUT2D eigenvalue weighted by molar-refractivity contribution is 5.91. The third-order valence-corrected chi connectivity index (χ3v) is 4.43. The maximum atomic E-state index is 12.5. The molecule has 0 bridgehead atoms. The third-order valence-electron chi connectivity index (χ3n) is 4.43. The Balaban J connectivity index is 1.40. The molecule has 6 nitrogen and oxygen atoms in total. The Morgan fingerprint density at radius 1 is 1.14 bits per heavy atom. The number of alkyl halides is 3. The number of hydrogen-bond donors (Lipinski definition) is 1. The molecule has 0 radical (unpaired) electrons. The number of nitrogens with one attached hydrogen (secondary N) is 1. The van der Waals surface area contributed by atoms with E-state index in [2.05, 4.69) is 5.32 Å². The van der Waals surface area contributed by atoms with Gasteiger partial charge in [-0.1, -0.05) is 0 Å². The third kappa shape index (κ3) is 5.05. The molecule has 0 atom stereocenters. The van der Waals surface area contributed by atoms with Crippen LogP contribution >= 0.6 is 0 Å². The summed E-state index contributed by atoms with van der Waals surface area (Å²) in [6, 6.07) is 7.32. The van der Waals surface area contributed by atoms with Crippen LogP contribution in [0.5, 0.6) is 5.75 Å². The highest BCUT2D eigenvalue weighted by Gasteiger charge is 2.30. The molecule has 1 N–H and O–H groups in total. The number of carbonyl (C=O) groups excluding carboxylic acids is 2. The molecule has 1 aromatic carbocycles. The minimum absolute atomic E-state index is 0.0932. The molecule has 0 saturated carbocycles. The predicted octanol–water partition coefficient (Wildman–Crippen LogP) is 3.10. The van der Waals surface area contributed by atoms with Crippen molar-refractivity contribution >= 4 is 11.8 Å². The Morgan fingerprint density at radius 2 is 1.82 bits per heavy atom. The molecule has 28 heavy (non-hydrogen) atoms. The molecule has 0 aliphatic carbocycles. The van der Waals surface area contributed by atoms with Crippen LogP contribution in [0.1, 0.15) is 29.0 Å². The Bertz CT molecular complexity index is 796. The summed E-state index contributed by atoms with van der Waals surface area (Å²) < 4.78 is 47.9. The summed E-state index contributed by atoms with van der Waals surface area (Å²) in [5.41, 5.74) is -0.778. The van der Waals surface area contributed by atoms with E-state index in [9.17, 15) is 22.8 Å². The second-order valence-corrected chi connectivity index (χ2v) is 6.42. The molecule has 1 aliphatic rings. The summed E-state index contributed by atoms with van der Waals surface area (Å²) in [6.45, 7) is 0.686. The molecule has 1 aromatic heterocycles. The van der Waals surface area contributed by atoms with Crippen molar-refractivity contribution in [2.24, 2.45) is 0 Å². The number of benzene rings is 1. The van der Waals surface area contributed by atoms with Gasteiger partial charge >= 0.3 is 6.18 Å². The monoisotopic (exact) mass is 396 g/mol. The highest BCUT2D eigenvalue weighted by Crippen LogP contribution is 2.30. The molecule has 1 fully saturated rings. The standard InChI is InChI=1S/C19H19F3N2O4/c20-19(21,22)13-3-5-15(6-4-13)28-12-17(25)23-14-7-9-24(10-8-14)18(26)16-2-1-11-27-16/h1-6,11,14H,7-10,12H2,(H,23,25). The Hall–Kier alpha value is -2.97. The summed E-state index contributed by atoms with van der Waals surface area (Å²) in [5.74, 6) is -0.0782. The number of nitrogens with zero attached hydrogens (tertiary/aromatic N) is 1. The lowest BCUT2D eigenvalue weighted by Crippen LogP contribution is -2.47. The van der Waals surface area contributed by atoms with Crippen LogP contribution in [0.3, 0.4) is 0 Å². The van der Waals surface area contributed by atoms with E-state index in [0.29, 0.717) is 25.9 Å². The number of carbonyl (C=O) groups is 2. The molecular formula is C19H19F3N2O4. The lowest BCUT2D eigenvalue weighted by molar-refractivity contribution is -0.137. The number of amides is 2. The number of likely N-dealkylation sites (tertiary alicyclic amines) is 1. The topological polar surface area (TPSA) is 71.8 Å². The molecule has 0 unspecified atom stereocenters. The highest BCUT2D eigenvalue weighted by atomic mass is 19.4. The maximum absolute atomic E-state index is 12.5. The Morgan fingerprint density at radius 3 is 2.39 bits per heavy atom. The minimum Gasteiger partial charge on any atom is -0.484 e. The van der Waals surface area contributed by atoms with Crippen molar-refractivity contribution in [3.63, 3.8) is 0 Å². The van der Waals surface area contributed by atoms with E-state index in [4.69, 9.17) is 9.15 Å². The number of halogens is 3. The van der Waals surface area contributed by atoms with Gasteiger partial charge in [-0.25, -0.2) is 0 Å². The molecule has 9 heteroatoms. The van der Waals surface area contributed by atoms with Gasteiger partial charge in [-0.05, 0) is 49.2 Å². The van der Waals surface area contributed by atoms with Crippen molar-refractivity contribution in [3.05, 3.63) is 54.0 Å².